The number of carbonyl (C=O) groups excluding carboxylic acids is 1. The van der Waals surface area contributed by atoms with Crippen molar-refractivity contribution >= 4 is 5.78 Å². The van der Waals surface area contributed by atoms with E-state index >= 15 is 0 Å². The lowest BCUT2D eigenvalue weighted by Gasteiger charge is -2.25. The molecule has 0 aliphatic carbocycles. The summed E-state index contributed by atoms with van der Waals surface area (Å²) in [6.07, 6.45) is -4.18. The normalized spacial score (nSPS) is 13.1. The lowest BCUT2D eigenvalue weighted by Crippen LogP contribution is -2.25. The van der Waals surface area contributed by atoms with Gasteiger partial charge in [-0.25, -0.2) is 0 Å². The van der Waals surface area contributed by atoms with Crippen LogP contribution in [0.3, 0.4) is 0 Å². The molecule has 0 radical (unpaired) electrons. The van der Waals surface area contributed by atoms with Crippen molar-refractivity contribution in [2.24, 2.45) is 5.92 Å². The smallest absolute Gasteiger partial charge is 0.355 e. The van der Waals surface area contributed by atoms with E-state index in [0.717, 1.165) is 24.1 Å². The van der Waals surface area contributed by atoms with Gasteiger partial charge in [0.1, 0.15) is 0 Å². The maximum Gasteiger partial charge on any atom is 0.416 e. The molecule has 1 atom stereocenters. The highest BCUT2D eigenvalue weighted by molar-refractivity contribution is 5.96. The molecule has 0 saturated heterocycles. The van der Waals surface area contributed by atoms with Gasteiger partial charge in [-0.1, -0.05) is 50.2 Å². The molecule has 1 unspecified atom stereocenters. The van der Waals surface area contributed by atoms with Crippen LogP contribution in [0, 0.1) is 5.92 Å². The van der Waals surface area contributed by atoms with E-state index in [-0.39, 0.29) is 12.2 Å². The van der Waals surface area contributed by atoms with Gasteiger partial charge >= 0.3 is 6.18 Å². The van der Waals surface area contributed by atoms with Crippen LogP contribution in [0.15, 0.2) is 48.5 Å². The number of ketones is 1. The van der Waals surface area contributed by atoms with Gasteiger partial charge in [-0.3, -0.25) is 4.79 Å². The fourth-order valence-electron chi connectivity index (χ4n) is 3.33. The molecule has 6 heteroatoms. The van der Waals surface area contributed by atoms with E-state index in [0.29, 0.717) is 17.0 Å². The summed E-state index contributed by atoms with van der Waals surface area (Å²) < 4.78 is 49.2. The third-order valence-electron chi connectivity index (χ3n) is 4.78. The molecule has 3 nitrogen and oxygen atoms in total. The fraction of sp³-hybridized carbons (Fsp3) is 0.435. The minimum atomic E-state index is -4.41. The Kier molecular flexibility index (Phi) is 7.99. The van der Waals surface area contributed by atoms with Gasteiger partial charge in [0.25, 0.3) is 0 Å². The number of carbonyl (C=O) groups is 1. The average Bonchev–Trinajstić information content (AvgIpc) is 2.67. The van der Waals surface area contributed by atoms with Crippen LogP contribution in [0.4, 0.5) is 13.2 Å². The molecular weight excluding hydrogens is 381 g/mol. The van der Waals surface area contributed by atoms with Gasteiger partial charge in [0.05, 0.1) is 5.56 Å². The largest absolute Gasteiger partial charge is 0.416 e. The highest BCUT2D eigenvalue weighted by Crippen LogP contribution is 2.33. The van der Waals surface area contributed by atoms with Crippen molar-refractivity contribution in [3.05, 3.63) is 70.8 Å². The van der Waals surface area contributed by atoms with E-state index in [1.807, 2.05) is 12.1 Å². The first kappa shape index (κ1) is 23.1. The van der Waals surface area contributed by atoms with Crippen molar-refractivity contribution in [3.63, 3.8) is 0 Å². The lowest BCUT2D eigenvalue weighted by molar-refractivity contribution is -0.137. The van der Waals surface area contributed by atoms with Crippen LogP contribution < -0.4 is 0 Å². The minimum Gasteiger partial charge on any atom is -0.355 e. The Morgan fingerprint density at radius 1 is 0.931 bits per heavy atom. The van der Waals surface area contributed by atoms with Crippen molar-refractivity contribution in [1.82, 2.24) is 0 Å². The Morgan fingerprint density at radius 2 is 1.48 bits per heavy atom. The van der Waals surface area contributed by atoms with Crippen LogP contribution >= 0.6 is 0 Å². The van der Waals surface area contributed by atoms with Crippen molar-refractivity contribution in [1.29, 1.82) is 0 Å². The van der Waals surface area contributed by atoms with Crippen LogP contribution in [0.25, 0.3) is 0 Å². The van der Waals surface area contributed by atoms with Gasteiger partial charge in [0.2, 0.25) is 0 Å². The zero-order chi connectivity index (χ0) is 21.6. The van der Waals surface area contributed by atoms with Gasteiger partial charge < -0.3 is 9.47 Å². The molecule has 0 aromatic heterocycles. The van der Waals surface area contributed by atoms with Crippen LogP contribution in [-0.2, 0) is 22.1 Å². The average molecular weight is 408 g/mol. The molecule has 2 aromatic carbocycles. The highest BCUT2D eigenvalue weighted by atomic mass is 19.4. The van der Waals surface area contributed by atoms with Gasteiger partial charge in [0.15, 0.2) is 12.1 Å². The second kappa shape index (κ2) is 10.0. The summed E-state index contributed by atoms with van der Waals surface area (Å²) in [5, 5.41) is 0. The maximum atomic E-state index is 12.9. The molecule has 0 heterocycles. The molecule has 0 aliphatic heterocycles. The Balaban J connectivity index is 2.23. The molecule has 0 spiro atoms. The van der Waals surface area contributed by atoms with Gasteiger partial charge in [-0.15, -0.1) is 0 Å². The maximum absolute atomic E-state index is 12.9. The van der Waals surface area contributed by atoms with Crippen molar-refractivity contribution in [2.45, 2.75) is 45.1 Å². The second-order valence-electron chi connectivity index (χ2n) is 7.49. The number of halogens is 3. The molecule has 0 saturated carbocycles. The third-order valence-corrected chi connectivity index (χ3v) is 4.78. The fourth-order valence-corrected chi connectivity index (χ4v) is 3.33. The standard InChI is InChI=1S/C23H27F3O3/c1-15(2)13-16-5-7-18(8-6-16)21(27)14-20(22(28-3)29-4)17-9-11-19(12-10-17)23(24,25)26/h5-12,15,20,22H,13-14H2,1-4H3. The Hall–Kier alpha value is -2.18. The SMILES string of the molecule is COC(OC)C(CC(=O)c1ccc(CC(C)C)cc1)c1ccc(C(F)(F)F)cc1. The predicted octanol–water partition coefficient (Wildman–Crippen LogP) is 5.88. The lowest BCUT2D eigenvalue weighted by atomic mass is 9.90. The number of rotatable bonds is 9. The van der Waals surface area contributed by atoms with E-state index in [2.05, 4.69) is 13.8 Å². The van der Waals surface area contributed by atoms with E-state index in [4.69, 9.17) is 9.47 Å². The Labute approximate surface area is 169 Å². The summed E-state index contributed by atoms with van der Waals surface area (Å²) >= 11 is 0. The summed E-state index contributed by atoms with van der Waals surface area (Å²) in [5.41, 5.74) is 1.53. The van der Waals surface area contributed by atoms with Crippen LogP contribution in [0.5, 0.6) is 0 Å². The van der Waals surface area contributed by atoms with Gasteiger partial charge in [-0.2, -0.15) is 13.2 Å². The molecule has 0 bridgehead atoms. The topological polar surface area (TPSA) is 35.5 Å². The number of benzene rings is 2. The summed E-state index contributed by atoms with van der Waals surface area (Å²) in [4.78, 5) is 12.8. The first-order chi connectivity index (χ1) is 13.7. The molecule has 0 aliphatic rings. The molecular formula is C23H27F3O3. The van der Waals surface area contributed by atoms with Crippen LogP contribution in [-0.4, -0.2) is 26.3 Å². The van der Waals surface area contributed by atoms with Gasteiger partial charge in [0, 0.05) is 32.1 Å². The molecule has 0 amide bonds. The number of hydrogen-bond acceptors (Lipinski definition) is 3. The monoisotopic (exact) mass is 408 g/mol. The number of methoxy groups -OCH3 is 2. The van der Waals surface area contributed by atoms with Crippen LogP contribution in [0.1, 0.15) is 53.2 Å². The molecule has 158 valence electrons. The zero-order valence-corrected chi connectivity index (χ0v) is 17.1. The van der Waals surface area contributed by atoms with E-state index in [1.165, 1.54) is 26.4 Å². The van der Waals surface area contributed by atoms with Crippen molar-refractivity contribution in [2.75, 3.05) is 14.2 Å². The van der Waals surface area contributed by atoms with Gasteiger partial charge in [-0.05, 0) is 35.6 Å². The number of ether oxygens (including phenoxy) is 2. The van der Waals surface area contributed by atoms with E-state index in [1.54, 1.807) is 12.1 Å². The molecule has 29 heavy (non-hydrogen) atoms. The Bertz CT molecular complexity index is 777. The number of alkyl halides is 3. The molecule has 0 fully saturated rings. The number of hydrogen-bond donors (Lipinski definition) is 0. The first-order valence-electron chi connectivity index (χ1n) is 9.50. The van der Waals surface area contributed by atoms with E-state index < -0.39 is 23.9 Å². The minimum absolute atomic E-state index is 0.0568. The second-order valence-corrected chi connectivity index (χ2v) is 7.49. The van der Waals surface area contributed by atoms with Crippen molar-refractivity contribution < 1.29 is 27.4 Å². The molecule has 2 aromatic rings. The molecule has 2 rings (SSSR count). The van der Waals surface area contributed by atoms with Crippen molar-refractivity contribution in [3.8, 4) is 0 Å². The third kappa shape index (κ3) is 6.41. The molecule has 0 N–H and O–H groups in total. The van der Waals surface area contributed by atoms with Crippen LogP contribution in [0.2, 0.25) is 0 Å². The Morgan fingerprint density at radius 3 is 1.93 bits per heavy atom. The number of Topliss-reactive ketones (excluding diaryl/α,β-unsaturated/α-hetero) is 1. The summed E-state index contributed by atoms with van der Waals surface area (Å²) in [7, 11) is 2.88. The summed E-state index contributed by atoms with van der Waals surface area (Å²) in [5.74, 6) is -0.134. The summed E-state index contributed by atoms with van der Waals surface area (Å²) in [6, 6.07) is 12.2. The zero-order valence-electron chi connectivity index (χ0n) is 17.1. The quantitative estimate of drug-likeness (QED) is 0.384. The van der Waals surface area contributed by atoms with E-state index in [9.17, 15) is 18.0 Å². The summed E-state index contributed by atoms with van der Waals surface area (Å²) in [6.45, 7) is 4.26. The first-order valence-corrected chi connectivity index (χ1v) is 9.50. The predicted molar refractivity (Wildman–Crippen MR) is 106 cm³/mol. The highest BCUT2D eigenvalue weighted by Gasteiger charge is 2.31.